The molecule has 0 atom stereocenters. The van der Waals surface area contributed by atoms with Crippen LogP contribution in [0.4, 0.5) is 0 Å². The Morgan fingerprint density at radius 2 is 1.40 bits per heavy atom. The molecule has 82 valence electrons. The molecule has 1 aliphatic rings. The number of hydrogen-bond donors (Lipinski definition) is 0. The monoisotopic (exact) mass is 260 g/mol. The van der Waals surface area contributed by atoms with Crippen LogP contribution in [0, 0.1) is 0 Å². The van der Waals surface area contributed by atoms with Gasteiger partial charge in [-0.25, -0.2) is 0 Å². The molecule has 1 aromatic carbocycles. The van der Waals surface area contributed by atoms with Crippen LogP contribution in [0.25, 0.3) is 0 Å². The van der Waals surface area contributed by atoms with E-state index in [1.54, 1.807) is 31.4 Å². The summed E-state index contributed by atoms with van der Waals surface area (Å²) in [4.78, 5) is 2.41. The van der Waals surface area contributed by atoms with E-state index in [4.69, 9.17) is 9.47 Å². The van der Waals surface area contributed by atoms with E-state index in [1.165, 1.54) is 9.79 Å². The highest BCUT2D eigenvalue weighted by Crippen LogP contribution is 2.61. The van der Waals surface area contributed by atoms with Crippen LogP contribution in [0.15, 0.2) is 21.9 Å². The first kappa shape index (κ1) is 11.4. The summed E-state index contributed by atoms with van der Waals surface area (Å²) in [5.41, 5.74) is 0. The Hall–Kier alpha value is -0.130. The molecule has 0 unspecified atom stereocenters. The zero-order valence-corrected chi connectivity index (χ0v) is 11.1. The minimum Gasteiger partial charge on any atom is -0.493 e. The van der Waals surface area contributed by atoms with Crippen LogP contribution in [-0.4, -0.2) is 13.2 Å². The molecule has 0 fully saturated rings. The maximum absolute atomic E-state index is 5.58. The summed E-state index contributed by atoms with van der Waals surface area (Å²) in [5, 5.41) is 0. The lowest BCUT2D eigenvalue weighted by Gasteiger charge is -2.11. The van der Waals surface area contributed by atoms with Gasteiger partial charge in [-0.05, 0) is 57.4 Å². The van der Waals surface area contributed by atoms with Crippen LogP contribution in [0.2, 0.25) is 0 Å². The van der Waals surface area contributed by atoms with Crippen LogP contribution in [0.1, 0.15) is 13.8 Å². The average Bonchev–Trinajstić information content (AvgIpc) is 2.71. The zero-order chi connectivity index (χ0) is 10.7. The lowest BCUT2D eigenvalue weighted by atomic mass is 10.3. The molecule has 2 nitrogen and oxygen atoms in total. The molecule has 0 spiro atoms. The van der Waals surface area contributed by atoms with Gasteiger partial charge in [-0.1, -0.05) is 0 Å². The van der Waals surface area contributed by atoms with E-state index in [-0.39, 0.29) is 0 Å². The predicted octanol–water partition coefficient (Wildman–Crippen LogP) is 4.25. The van der Waals surface area contributed by atoms with Crippen molar-refractivity contribution in [1.29, 1.82) is 0 Å². The third kappa shape index (κ3) is 2.34. The van der Waals surface area contributed by atoms with Crippen molar-refractivity contribution < 1.29 is 9.47 Å². The molecule has 0 aliphatic carbocycles. The van der Waals surface area contributed by atoms with Gasteiger partial charge in [0.05, 0.1) is 23.0 Å². The molecule has 1 aliphatic heterocycles. The number of fused-ring (bicyclic) bond motifs is 1. The third-order valence-corrected chi connectivity index (χ3v) is 5.92. The summed E-state index contributed by atoms with van der Waals surface area (Å²) in [6.07, 6.45) is 0. The molecule has 0 bridgehead atoms. The number of hydrogen-bond acceptors (Lipinski definition) is 5. The van der Waals surface area contributed by atoms with Crippen LogP contribution >= 0.6 is 31.4 Å². The summed E-state index contributed by atoms with van der Waals surface area (Å²) in [6.45, 7) is 5.41. The van der Waals surface area contributed by atoms with E-state index in [1.807, 2.05) is 26.0 Å². The second-order valence-corrected chi connectivity index (χ2v) is 6.74. The smallest absolute Gasteiger partial charge is 0.135 e. The molecule has 0 radical (unpaired) electrons. The van der Waals surface area contributed by atoms with Gasteiger partial charge in [-0.3, -0.25) is 0 Å². The van der Waals surface area contributed by atoms with Gasteiger partial charge in [0.1, 0.15) is 11.5 Å². The largest absolute Gasteiger partial charge is 0.493 e. The van der Waals surface area contributed by atoms with Gasteiger partial charge in [0.2, 0.25) is 0 Å². The summed E-state index contributed by atoms with van der Waals surface area (Å²) in [5.74, 6) is 1.94. The molecular weight excluding hydrogens is 248 g/mol. The highest BCUT2D eigenvalue weighted by Gasteiger charge is 2.22. The fourth-order valence-corrected chi connectivity index (χ4v) is 5.85. The van der Waals surface area contributed by atoms with Crippen molar-refractivity contribution in [2.45, 2.75) is 23.6 Å². The van der Waals surface area contributed by atoms with Crippen molar-refractivity contribution in [3.8, 4) is 11.5 Å². The van der Waals surface area contributed by atoms with Gasteiger partial charge in [0, 0.05) is 0 Å². The topological polar surface area (TPSA) is 18.5 Å². The maximum atomic E-state index is 5.58. The van der Waals surface area contributed by atoms with Crippen molar-refractivity contribution >= 4 is 31.4 Å². The number of benzene rings is 1. The van der Waals surface area contributed by atoms with Crippen molar-refractivity contribution in [2.75, 3.05) is 13.2 Å². The van der Waals surface area contributed by atoms with E-state index < -0.39 is 0 Å². The Morgan fingerprint density at radius 3 is 1.80 bits per heavy atom. The molecule has 0 N–H and O–H groups in total. The Labute approximate surface area is 101 Å². The highest BCUT2D eigenvalue weighted by atomic mass is 33.5. The standard InChI is InChI=1S/C10H12O2S3/c1-3-11-7-5-6-8(12-4-2)10-9(7)13-15-14-10/h5-6H,3-4H2,1-2H3. The molecule has 15 heavy (non-hydrogen) atoms. The van der Waals surface area contributed by atoms with Gasteiger partial charge in [-0.2, -0.15) is 0 Å². The molecule has 0 aromatic heterocycles. The third-order valence-electron chi connectivity index (χ3n) is 1.87. The van der Waals surface area contributed by atoms with E-state index in [0.29, 0.717) is 13.2 Å². The van der Waals surface area contributed by atoms with Crippen molar-refractivity contribution in [2.24, 2.45) is 0 Å². The second kappa shape index (κ2) is 5.27. The molecule has 0 saturated heterocycles. The minimum absolute atomic E-state index is 0.705. The molecule has 0 saturated carbocycles. The van der Waals surface area contributed by atoms with Crippen LogP contribution in [0.5, 0.6) is 11.5 Å². The normalized spacial score (nSPS) is 13.7. The Kier molecular flexibility index (Phi) is 3.99. The average molecular weight is 260 g/mol. The van der Waals surface area contributed by atoms with Gasteiger partial charge in [-0.15, -0.1) is 0 Å². The van der Waals surface area contributed by atoms with E-state index >= 15 is 0 Å². The Bertz CT molecular complexity index is 322. The molecule has 1 heterocycles. The number of ether oxygens (including phenoxy) is 2. The molecule has 2 rings (SSSR count). The first-order valence-electron chi connectivity index (χ1n) is 4.80. The zero-order valence-electron chi connectivity index (χ0n) is 8.61. The second-order valence-electron chi connectivity index (χ2n) is 2.82. The summed E-state index contributed by atoms with van der Waals surface area (Å²) in [7, 11) is 5.25. The van der Waals surface area contributed by atoms with Gasteiger partial charge < -0.3 is 9.47 Å². The maximum Gasteiger partial charge on any atom is 0.135 e. The summed E-state index contributed by atoms with van der Waals surface area (Å²) >= 11 is 0. The summed E-state index contributed by atoms with van der Waals surface area (Å²) in [6, 6.07) is 3.99. The van der Waals surface area contributed by atoms with E-state index in [9.17, 15) is 0 Å². The quantitative estimate of drug-likeness (QED) is 0.751. The van der Waals surface area contributed by atoms with Gasteiger partial charge in [0.15, 0.2) is 0 Å². The first-order valence-corrected chi connectivity index (χ1v) is 8.29. The van der Waals surface area contributed by atoms with E-state index in [2.05, 4.69) is 0 Å². The van der Waals surface area contributed by atoms with Crippen molar-refractivity contribution in [1.82, 2.24) is 0 Å². The molecule has 5 heteroatoms. The molecule has 1 aromatic rings. The number of rotatable bonds is 4. The van der Waals surface area contributed by atoms with Crippen LogP contribution < -0.4 is 9.47 Å². The lowest BCUT2D eigenvalue weighted by Crippen LogP contribution is -1.96. The Morgan fingerprint density at radius 1 is 0.933 bits per heavy atom. The van der Waals surface area contributed by atoms with Gasteiger partial charge >= 0.3 is 0 Å². The minimum atomic E-state index is 0.705. The fourth-order valence-electron chi connectivity index (χ4n) is 1.31. The Balaban J connectivity index is 2.35. The SMILES string of the molecule is CCOc1ccc(OCC)c2c1SSS2. The fraction of sp³-hybridized carbons (Fsp3) is 0.400. The molecule has 0 amide bonds. The van der Waals surface area contributed by atoms with Crippen LogP contribution in [0.3, 0.4) is 0 Å². The molecular formula is C10H12O2S3. The highest BCUT2D eigenvalue weighted by molar-refractivity contribution is 9.10. The van der Waals surface area contributed by atoms with Crippen LogP contribution in [-0.2, 0) is 0 Å². The van der Waals surface area contributed by atoms with Crippen molar-refractivity contribution in [3.05, 3.63) is 12.1 Å². The van der Waals surface area contributed by atoms with E-state index in [0.717, 1.165) is 11.5 Å². The summed E-state index contributed by atoms with van der Waals surface area (Å²) < 4.78 is 11.2. The van der Waals surface area contributed by atoms with Crippen molar-refractivity contribution in [3.63, 3.8) is 0 Å². The lowest BCUT2D eigenvalue weighted by molar-refractivity contribution is 0.316. The first-order chi connectivity index (χ1) is 7.36. The predicted molar refractivity (Wildman–Crippen MR) is 68.1 cm³/mol. The van der Waals surface area contributed by atoms with Gasteiger partial charge in [0.25, 0.3) is 0 Å².